The average molecular weight is 280 g/mol. The quantitative estimate of drug-likeness (QED) is 0.658. The molecule has 0 unspecified atom stereocenters. The second kappa shape index (κ2) is 5.84. The molecule has 1 amide bonds. The van der Waals surface area contributed by atoms with Gasteiger partial charge in [0, 0.05) is 12.1 Å². The van der Waals surface area contributed by atoms with Gasteiger partial charge < -0.3 is 5.32 Å². The summed E-state index contributed by atoms with van der Waals surface area (Å²) in [7, 11) is 0. The summed E-state index contributed by atoms with van der Waals surface area (Å²) < 4.78 is 0. The molecule has 1 saturated heterocycles. The van der Waals surface area contributed by atoms with Crippen LogP contribution in [0.3, 0.4) is 0 Å². The number of carbonyl (C=O) groups is 2. The Hall–Kier alpha value is -1.88. The maximum Gasteiger partial charge on any atom is 0.267 e. The molecule has 1 aromatic carbocycles. The summed E-state index contributed by atoms with van der Waals surface area (Å²) in [6, 6.07) is 4.90. The van der Waals surface area contributed by atoms with E-state index in [2.05, 4.69) is 15.8 Å². The number of halogens is 1. The predicted molar refractivity (Wildman–Crippen MR) is 74.8 cm³/mol. The lowest BCUT2D eigenvalue weighted by Crippen LogP contribution is -2.37. The van der Waals surface area contributed by atoms with Crippen molar-refractivity contribution in [2.24, 2.45) is 5.10 Å². The second-order valence-electron chi connectivity index (χ2n) is 4.28. The summed E-state index contributed by atoms with van der Waals surface area (Å²) in [6.07, 6.45) is 1.50. The zero-order valence-corrected chi connectivity index (χ0v) is 11.3. The topological polar surface area (TPSA) is 70.6 Å². The van der Waals surface area contributed by atoms with Crippen LogP contribution in [0.4, 0.5) is 5.69 Å². The van der Waals surface area contributed by atoms with Crippen LogP contribution in [-0.4, -0.2) is 23.9 Å². The maximum atomic E-state index is 11.5. The van der Waals surface area contributed by atoms with Crippen LogP contribution >= 0.6 is 11.6 Å². The number of piperidine rings is 1. The molecule has 1 aromatic rings. The maximum absolute atomic E-state index is 11.5. The minimum absolute atomic E-state index is 0.0530. The number of rotatable bonds is 3. The van der Waals surface area contributed by atoms with E-state index in [0.717, 1.165) is 6.42 Å². The lowest BCUT2D eigenvalue weighted by atomic mass is 10.1. The number of anilines is 1. The summed E-state index contributed by atoms with van der Waals surface area (Å²) in [6.45, 7) is 2.16. The van der Waals surface area contributed by atoms with E-state index in [-0.39, 0.29) is 11.7 Å². The van der Waals surface area contributed by atoms with Crippen LogP contribution < -0.4 is 10.7 Å². The van der Waals surface area contributed by atoms with Crippen molar-refractivity contribution in [1.29, 1.82) is 0 Å². The number of nitrogens with zero attached hydrogens (tertiary/aromatic N) is 1. The molecule has 0 bridgehead atoms. The minimum atomic E-state index is -0.169. The van der Waals surface area contributed by atoms with Crippen LogP contribution in [-0.2, 0) is 4.79 Å². The molecule has 0 spiro atoms. The Bertz CT molecular complexity index is 555. The molecule has 1 fully saturated rings. The fourth-order valence-corrected chi connectivity index (χ4v) is 1.90. The zero-order chi connectivity index (χ0) is 13.8. The molecule has 2 rings (SSSR count). The number of hydrogen-bond acceptors (Lipinski definition) is 4. The number of nitrogens with one attached hydrogen (secondary N) is 2. The van der Waals surface area contributed by atoms with Gasteiger partial charge in [0.15, 0.2) is 5.78 Å². The molecule has 5 nitrogen and oxygen atoms in total. The number of hydrogen-bond donors (Lipinski definition) is 2. The van der Waals surface area contributed by atoms with Gasteiger partial charge in [-0.2, -0.15) is 5.10 Å². The Labute approximate surface area is 116 Å². The van der Waals surface area contributed by atoms with Crippen molar-refractivity contribution in [1.82, 2.24) is 5.32 Å². The van der Waals surface area contributed by atoms with Gasteiger partial charge in [0.25, 0.3) is 5.91 Å². The normalized spacial score (nSPS) is 17.2. The van der Waals surface area contributed by atoms with Gasteiger partial charge in [0.1, 0.15) is 5.71 Å². The van der Waals surface area contributed by atoms with Crippen molar-refractivity contribution >= 4 is 34.7 Å². The van der Waals surface area contributed by atoms with Crippen LogP contribution in [0.15, 0.2) is 23.3 Å². The molecule has 1 aliphatic rings. The molecule has 1 heterocycles. The van der Waals surface area contributed by atoms with Gasteiger partial charge in [-0.1, -0.05) is 11.6 Å². The standard InChI is InChI=1S/C13H14ClN3O2/c1-8(18)9-4-5-10(14)12(7-9)17-16-11-3-2-6-15-13(11)19/h4-5,7,17H,2-3,6H2,1H3,(H,15,19)/b16-11-. The molecule has 100 valence electrons. The highest BCUT2D eigenvalue weighted by Crippen LogP contribution is 2.23. The highest BCUT2D eigenvalue weighted by Gasteiger charge is 2.16. The summed E-state index contributed by atoms with van der Waals surface area (Å²) in [4.78, 5) is 22.8. The predicted octanol–water partition coefficient (Wildman–Crippen LogP) is 2.22. The van der Waals surface area contributed by atoms with Gasteiger partial charge >= 0.3 is 0 Å². The molecule has 2 N–H and O–H groups in total. The van der Waals surface area contributed by atoms with Crippen LogP contribution in [0.25, 0.3) is 0 Å². The first-order valence-corrected chi connectivity index (χ1v) is 6.37. The number of ketones is 1. The molecule has 0 aliphatic carbocycles. The Morgan fingerprint density at radius 1 is 1.47 bits per heavy atom. The van der Waals surface area contributed by atoms with Gasteiger partial charge in [-0.25, -0.2) is 0 Å². The highest BCUT2D eigenvalue weighted by atomic mass is 35.5. The zero-order valence-electron chi connectivity index (χ0n) is 10.5. The van der Waals surface area contributed by atoms with Crippen molar-refractivity contribution in [3.05, 3.63) is 28.8 Å². The van der Waals surface area contributed by atoms with E-state index in [1.165, 1.54) is 6.92 Å². The van der Waals surface area contributed by atoms with Crippen molar-refractivity contribution in [3.63, 3.8) is 0 Å². The van der Waals surface area contributed by atoms with E-state index in [1.807, 2.05) is 0 Å². The van der Waals surface area contributed by atoms with Gasteiger partial charge in [-0.05, 0) is 38.0 Å². The monoisotopic (exact) mass is 279 g/mol. The van der Waals surface area contributed by atoms with Gasteiger partial charge in [-0.3, -0.25) is 15.0 Å². The molecule has 0 atom stereocenters. The number of hydrazone groups is 1. The average Bonchev–Trinajstić information content (AvgIpc) is 2.39. The summed E-state index contributed by atoms with van der Waals surface area (Å²) in [5.74, 6) is -0.222. The Morgan fingerprint density at radius 3 is 2.95 bits per heavy atom. The van der Waals surface area contributed by atoms with Crippen LogP contribution in [0.1, 0.15) is 30.1 Å². The summed E-state index contributed by atoms with van der Waals surface area (Å²) in [5.41, 5.74) is 4.25. The van der Waals surface area contributed by atoms with Gasteiger partial charge in [0.2, 0.25) is 0 Å². The lowest BCUT2D eigenvalue weighted by molar-refractivity contribution is -0.115. The SMILES string of the molecule is CC(=O)c1ccc(Cl)c(N/N=C2/CCCNC2=O)c1. The fourth-order valence-electron chi connectivity index (χ4n) is 1.74. The second-order valence-corrected chi connectivity index (χ2v) is 4.69. The smallest absolute Gasteiger partial charge is 0.267 e. The van der Waals surface area contributed by atoms with Crippen LogP contribution in [0.2, 0.25) is 5.02 Å². The molecule has 0 radical (unpaired) electrons. The Kier molecular flexibility index (Phi) is 4.16. The third-order valence-corrected chi connectivity index (χ3v) is 3.15. The summed E-state index contributed by atoms with van der Waals surface area (Å²) >= 11 is 6.01. The molecule has 1 aliphatic heterocycles. The van der Waals surface area contributed by atoms with Crippen molar-refractivity contribution in [2.45, 2.75) is 19.8 Å². The van der Waals surface area contributed by atoms with Crippen LogP contribution in [0.5, 0.6) is 0 Å². The molecular formula is C13H14ClN3O2. The van der Waals surface area contributed by atoms with Gasteiger partial charge in [-0.15, -0.1) is 0 Å². The molecule has 19 heavy (non-hydrogen) atoms. The molecular weight excluding hydrogens is 266 g/mol. The third kappa shape index (κ3) is 3.32. The number of Topliss-reactive ketones (excluding diaryl/α,β-unsaturated/α-hetero) is 1. The van der Waals surface area contributed by atoms with E-state index in [9.17, 15) is 9.59 Å². The Balaban J connectivity index is 2.18. The first kappa shape index (κ1) is 13.5. The van der Waals surface area contributed by atoms with E-state index in [1.54, 1.807) is 18.2 Å². The number of amides is 1. The molecule has 6 heteroatoms. The van der Waals surface area contributed by atoms with Crippen molar-refractivity contribution in [3.8, 4) is 0 Å². The van der Waals surface area contributed by atoms with E-state index in [4.69, 9.17) is 11.6 Å². The molecule has 0 aromatic heterocycles. The first-order valence-electron chi connectivity index (χ1n) is 5.99. The third-order valence-electron chi connectivity index (χ3n) is 2.82. The van der Waals surface area contributed by atoms with E-state index in [0.29, 0.717) is 35.0 Å². The van der Waals surface area contributed by atoms with Crippen molar-refractivity contribution in [2.75, 3.05) is 12.0 Å². The lowest BCUT2D eigenvalue weighted by Gasteiger charge is -2.14. The highest BCUT2D eigenvalue weighted by molar-refractivity contribution is 6.39. The minimum Gasteiger partial charge on any atom is -0.351 e. The van der Waals surface area contributed by atoms with Crippen molar-refractivity contribution < 1.29 is 9.59 Å². The fraction of sp³-hybridized carbons (Fsp3) is 0.308. The summed E-state index contributed by atoms with van der Waals surface area (Å²) in [5, 5.41) is 7.22. The van der Waals surface area contributed by atoms with E-state index < -0.39 is 0 Å². The Morgan fingerprint density at radius 2 is 2.26 bits per heavy atom. The number of benzene rings is 1. The largest absolute Gasteiger partial charge is 0.351 e. The number of carbonyl (C=O) groups excluding carboxylic acids is 2. The van der Waals surface area contributed by atoms with E-state index >= 15 is 0 Å². The molecule has 0 saturated carbocycles. The van der Waals surface area contributed by atoms with Gasteiger partial charge in [0.05, 0.1) is 10.7 Å². The van der Waals surface area contributed by atoms with Crippen LogP contribution in [0, 0.1) is 0 Å². The first-order chi connectivity index (χ1) is 9.08.